The molecule has 9 heteroatoms. The van der Waals surface area contributed by atoms with Crippen LogP contribution in [0.25, 0.3) is 11.3 Å². The second-order valence-electron chi connectivity index (χ2n) is 9.70. The SMILES string of the molecule is CC[C@@H](C)C(=O)N[C@H](C(=O)N1CCC[C@H]1C(=O)Nc1nonc1-c1ccccc1)C1CCCCC1. The summed E-state index contributed by atoms with van der Waals surface area (Å²) in [6, 6.07) is 8.11. The monoisotopic (exact) mass is 481 g/mol. The minimum absolute atomic E-state index is 0.0954. The number of nitrogens with zero attached hydrogens (tertiary/aromatic N) is 3. The highest BCUT2D eigenvalue weighted by Gasteiger charge is 2.41. The van der Waals surface area contributed by atoms with Crippen molar-refractivity contribution < 1.29 is 19.0 Å². The molecule has 4 rings (SSSR count). The molecule has 1 aromatic carbocycles. The molecule has 0 bridgehead atoms. The molecule has 1 aliphatic heterocycles. The number of anilines is 1. The molecule has 1 saturated carbocycles. The second kappa shape index (κ2) is 11.5. The molecule has 3 atom stereocenters. The fourth-order valence-corrected chi connectivity index (χ4v) is 5.07. The van der Waals surface area contributed by atoms with E-state index in [4.69, 9.17) is 4.63 Å². The molecule has 9 nitrogen and oxygen atoms in total. The topological polar surface area (TPSA) is 117 Å². The number of carbonyl (C=O) groups is 3. The molecule has 0 unspecified atom stereocenters. The van der Waals surface area contributed by atoms with Crippen LogP contribution < -0.4 is 10.6 Å². The number of amides is 3. The van der Waals surface area contributed by atoms with E-state index in [1.807, 2.05) is 44.2 Å². The van der Waals surface area contributed by atoms with Crippen molar-refractivity contribution in [1.82, 2.24) is 20.5 Å². The first kappa shape index (κ1) is 24.9. The third-order valence-corrected chi connectivity index (χ3v) is 7.36. The van der Waals surface area contributed by atoms with E-state index in [1.54, 1.807) is 4.90 Å². The van der Waals surface area contributed by atoms with Crippen LogP contribution in [-0.4, -0.2) is 51.6 Å². The Morgan fingerprint density at radius 1 is 1.06 bits per heavy atom. The molecular formula is C26H35N5O4. The van der Waals surface area contributed by atoms with Crippen molar-refractivity contribution in [1.29, 1.82) is 0 Å². The van der Waals surface area contributed by atoms with Crippen molar-refractivity contribution in [3.8, 4) is 11.3 Å². The van der Waals surface area contributed by atoms with Gasteiger partial charge in [0.2, 0.25) is 23.5 Å². The Kier molecular flexibility index (Phi) is 8.15. The Bertz CT molecular complexity index is 1020. The smallest absolute Gasteiger partial charge is 0.248 e. The Balaban J connectivity index is 1.50. The zero-order valence-corrected chi connectivity index (χ0v) is 20.5. The van der Waals surface area contributed by atoms with Crippen LogP contribution in [0.15, 0.2) is 35.0 Å². The van der Waals surface area contributed by atoms with E-state index in [-0.39, 0.29) is 35.4 Å². The van der Waals surface area contributed by atoms with Crippen molar-refractivity contribution in [2.75, 3.05) is 11.9 Å². The van der Waals surface area contributed by atoms with Crippen molar-refractivity contribution >= 4 is 23.5 Å². The van der Waals surface area contributed by atoms with Crippen LogP contribution in [0.5, 0.6) is 0 Å². The first-order valence-electron chi connectivity index (χ1n) is 12.8. The fraction of sp³-hybridized carbons (Fsp3) is 0.577. The minimum atomic E-state index is -0.630. The lowest BCUT2D eigenvalue weighted by molar-refractivity contribution is -0.142. The summed E-state index contributed by atoms with van der Waals surface area (Å²) in [6.45, 7) is 4.33. The molecule has 2 fully saturated rings. The van der Waals surface area contributed by atoms with Gasteiger partial charge < -0.3 is 15.5 Å². The first-order chi connectivity index (χ1) is 17.0. The van der Waals surface area contributed by atoms with Crippen molar-refractivity contribution in [2.24, 2.45) is 11.8 Å². The van der Waals surface area contributed by atoms with Crippen LogP contribution in [0, 0.1) is 11.8 Å². The van der Waals surface area contributed by atoms with Crippen LogP contribution in [0.2, 0.25) is 0 Å². The van der Waals surface area contributed by atoms with Gasteiger partial charge in [-0.05, 0) is 48.3 Å². The molecule has 1 saturated heterocycles. The first-order valence-corrected chi connectivity index (χ1v) is 12.8. The normalized spacial score (nSPS) is 20.3. The maximum Gasteiger partial charge on any atom is 0.248 e. The summed E-state index contributed by atoms with van der Waals surface area (Å²) in [5, 5.41) is 13.7. The van der Waals surface area contributed by atoms with Crippen LogP contribution >= 0.6 is 0 Å². The van der Waals surface area contributed by atoms with Gasteiger partial charge >= 0.3 is 0 Å². The molecule has 0 spiro atoms. The molecule has 1 aromatic heterocycles. The van der Waals surface area contributed by atoms with Gasteiger partial charge in [-0.25, -0.2) is 4.63 Å². The highest BCUT2D eigenvalue weighted by atomic mass is 16.6. The number of hydrogen-bond donors (Lipinski definition) is 2. The van der Waals surface area contributed by atoms with Gasteiger partial charge in [0.15, 0.2) is 5.69 Å². The van der Waals surface area contributed by atoms with Gasteiger partial charge in [-0.1, -0.05) is 63.4 Å². The van der Waals surface area contributed by atoms with Gasteiger partial charge in [0, 0.05) is 18.0 Å². The zero-order valence-electron chi connectivity index (χ0n) is 20.5. The van der Waals surface area contributed by atoms with E-state index in [1.165, 1.54) is 0 Å². The molecule has 2 aliphatic rings. The van der Waals surface area contributed by atoms with Gasteiger partial charge in [0.1, 0.15) is 12.1 Å². The Morgan fingerprint density at radius 2 is 1.80 bits per heavy atom. The van der Waals surface area contributed by atoms with E-state index in [0.717, 1.165) is 44.1 Å². The van der Waals surface area contributed by atoms with Crippen LogP contribution in [0.3, 0.4) is 0 Å². The van der Waals surface area contributed by atoms with Gasteiger partial charge in [-0.3, -0.25) is 14.4 Å². The Hall–Kier alpha value is -3.23. The predicted molar refractivity (Wildman–Crippen MR) is 131 cm³/mol. The molecule has 2 aromatic rings. The van der Waals surface area contributed by atoms with Gasteiger partial charge in [-0.2, -0.15) is 0 Å². The van der Waals surface area contributed by atoms with Crippen LogP contribution in [0.4, 0.5) is 5.82 Å². The van der Waals surface area contributed by atoms with E-state index in [2.05, 4.69) is 20.9 Å². The van der Waals surface area contributed by atoms with E-state index < -0.39 is 12.1 Å². The second-order valence-corrected chi connectivity index (χ2v) is 9.70. The molecule has 1 aliphatic carbocycles. The highest BCUT2D eigenvalue weighted by molar-refractivity contribution is 6.00. The summed E-state index contributed by atoms with van der Waals surface area (Å²) in [4.78, 5) is 41.5. The molecule has 0 radical (unpaired) electrons. The van der Waals surface area contributed by atoms with E-state index in [0.29, 0.717) is 25.1 Å². The maximum absolute atomic E-state index is 13.8. The average Bonchev–Trinajstić information content (AvgIpc) is 3.57. The van der Waals surface area contributed by atoms with Crippen LogP contribution in [0.1, 0.15) is 65.2 Å². The largest absolute Gasteiger partial charge is 0.344 e. The number of nitrogens with one attached hydrogen (secondary N) is 2. The lowest BCUT2D eigenvalue weighted by atomic mass is 9.83. The minimum Gasteiger partial charge on any atom is -0.344 e. The van der Waals surface area contributed by atoms with Crippen molar-refractivity contribution in [2.45, 2.75) is 77.3 Å². The zero-order chi connectivity index (χ0) is 24.8. The molecule has 188 valence electrons. The van der Waals surface area contributed by atoms with E-state index in [9.17, 15) is 14.4 Å². The Labute approximate surface area is 206 Å². The summed E-state index contributed by atoms with van der Waals surface area (Å²) in [5.74, 6) is -0.417. The average molecular weight is 482 g/mol. The molecule has 2 heterocycles. The van der Waals surface area contributed by atoms with Crippen molar-refractivity contribution in [3.63, 3.8) is 0 Å². The third-order valence-electron chi connectivity index (χ3n) is 7.36. The number of benzene rings is 1. The molecule has 2 N–H and O–H groups in total. The van der Waals surface area contributed by atoms with E-state index >= 15 is 0 Å². The molecular weight excluding hydrogens is 446 g/mol. The number of aromatic nitrogens is 2. The number of hydrogen-bond acceptors (Lipinski definition) is 6. The highest BCUT2D eigenvalue weighted by Crippen LogP contribution is 2.30. The number of carbonyl (C=O) groups excluding carboxylic acids is 3. The van der Waals surface area contributed by atoms with Gasteiger partial charge in [0.25, 0.3) is 0 Å². The van der Waals surface area contributed by atoms with Gasteiger partial charge in [0.05, 0.1) is 0 Å². The standard InChI is InChI=1S/C26H35N5O4/c1-3-17(2)24(32)27-22(19-13-8-5-9-14-19)26(34)31-16-10-15-20(31)25(33)28-23-21(29-35-30-23)18-11-6-4-7-12-18/h4,6-7,11-12,17,19-20,22H,3,5,8-10,13-16H2,1-2H3,(H,27,32)(H,28,30,33)/t17-,20+,22+/m1/s1. The summed E-state index contributed by atoms with van der Waals surface area (Å²) >= 11 is 0. The summed E-state index contributed by atoms with van der Waals surface area (Å²) in [6.07, 6.45) is 7.07. The van der Waals surface area contributed by atoms with Crippen LogP contribution in [-0.2, 0) is 14.4 Å². The third kappa shape index (κ3) is 5.71. The van der Waals surface area contributed by atoms with Gasteiger partial charge in [-0.15, -0.1) is 0 Å². The maximum atomic E-state index is 13.8. The lowest BCUT2D eigenvalue weighted by Gasteiger charge is -2.35. The quantitative estimate of drug-likeness (QED) is 0.593. The summed E-state index contributed by atoms with van der Waals surface area (Å²) < 4.78 is 4.89. The Morgan fingerprint density at radius 3 is 2.51 bits per heavy atom. The molecule has 3 amide bonds. The lowest BCUT2D eigenvalue weighted by Crippen LogP contribution is -2.56. The van der Waals surface area contributed by atoms with Crippen molar-refractivity contribution in [3.05, 3.63) is 30.3 Å². The fourth-order valence-electron chi connectivity index (χ4n) is 5.07. The molecule has 35 heavy (non-hydrogen) atoms. The predicted octanol–water partition coefficient (Wildman–Crippen LogP) is 3.78. The summed E-state index contributed by atoms with van der Waals surface area (Å²) in [7, 11) is 0. The number of likely N-dealkylation sites (tertiary alicyclic amines) is 1. The summed E-state index contributed by atoms with van der Waals surface area (Å²) in [5.41, 5.74) is 1.21. The number of rotatable bonds is 8.